The monoisotopic (exact) mass is 286 g/mol. The minimum atomic E-state index is -0.565. The lowest BCUT2D eigenvalue weighted by Gasteiger charge is -2.35. The molecule has 1 heterocycles. The van der Waals surface area contributed by atoms with Gasteiger partial charge in [0.05, 0.1) is 16.6 Å². The van der Waals surface area contributed by atoms with Crippen LogP contribution in [0.25, 0.3) is 11.0 Å². The largest absolute Gasteiger partial charge is 0.389 e. The fourth-order valence-electron chi connectivity index (χ4n) is 3.82. The summed E-state index contributed by atoms with van der Waals surface area (Å²) in [5, 5.41) is 11.0. The van der Waals surface area contributed by atoms with Gasteiger partial charge in [0.2, 0.25) is 0 Å². The average molecular weight is 286 g/mol. The molecule has 1 aliphatic carbocycles. The fourth-order valence-corrected chi connectivity index (χ4v) is 3.82. The number of nitrogens with zero attached hydrogens (tertiary/aromatic N) is 2. The van der Waals surface area contributed by atoms with E-state index in [4.69, 9.17) is 4.98 Å². The Bertz CT molecular complexity index is 619. The molecule has 2 atom stereocenters. The molecule has 0 amide bonds. The molecule has 1 N–H and O–H groups in total. The Kier molecular flexibility index (Phi) is 4.03. The standard InChI is InChI=1S/C18H26N2O/c1-3-11-20-16-9-5-4-8-15(16)19-17(20)13-18(21)10-6-7-14(2)12-18/h4-5,8-9,14,21H,3,6-7,10-13H2,1-2H3. The number of imidazole rings is 1. The summed E-state index contributed by atoms with van der Waals surface area (Å²) in [5.41, 5.74) is 1.68. The molecule has 0 saturated heterocycles. The Labute approximate surface area is 127 Å². The molecule has 1 aromatic heterocycles. The Balaban J connectivity index is 1.94. The van der Waals surface area contributed by atoms with Crippen molar-refractivity contribution >= 4 is 11.0 Å². The maximum atomic E-state index is 11.0. The Morgan fingerprint density at radius 3 is 2.95 bits per heavy atom. The molecule has 2 aromatic rings. The summed E-state index contributed by atoms with van der Waals surface area (Å²) in [6.07, 6.45) is 5.96. The van der Waals surface area contributed by atoms with Crippen LogP contribution in [0.15, 0.2) is 24.3 Å². The molecule has 3 heteroatoms. The summed E-state index contributed by atoms with van der Waals surface area (Å²) < 4.78 is 2.30. The van der Waals surface area contributed by atoms with Crippen LogP contribution < -0.4 is 0 Å². The third-order valence-corrected chi connectivity index (χ3v) is 4.74. The molecule has 1 saturated carbocycles. The number of aliphatic hydroxyl groups is 1. The van der Waals surface area contributed by atoms with E-state index in [1.54, 1.807) is 0 Å². The van der Waals surface area contributed by atoms with Crippen molar-refractivity contribution in [2.45, 2.75) is 64.5 Å². The highest BCUT2D eigenvalue weighted by Crippen LogP contribution is 2.35. The van der Waals surface area contributed by atoms with Crippen LogP contribution in [-0.2, 0) is 13.0 Å². The van der Waals surface area contributed by atoms with Gasteiger partial charge >= 0.3 is 0 Å². The smallest absolute Gasteiger partial charge is 0.112 e. The molecule has 2 unspecified atom stereocenters. The van der Waals surface area contributed by atoms with Crippen LogP contribution >= 0.6 is 0 Å². The van der Waals surface area contributed by atoms with Crippen molar-refractivity contribution in [2.75, 3.05) is 0 Å². The van der Waals surface area contributed by atoms with Gasteiger partial charge in [-0.3, -0.25) is 0 Å². The van der Waals surface area contributed by atoms with Crippen molar-refractivity contribution in [1.82, 2.24) is 9.55 Å². The van der Waals surface area contributed by atoms with Gasteiger partial charge in [0, 0.05) is 13.0 Å². The zero-order chi connectivity index (χ0) is 14.9. The number of benzene rings is 1. The number of hydrogen-bond donors (Lipinski definition) is 1. The first kappa shape index (κ1) is 14.6. The molecule has 1 aromatic carbocycles. The highest BCUT2D eigenvalue weighted by molar-refractivity contribution is 5.75. The second-order valence-corrected chi connectivity index (χ2v) is 6.77. The number of fused-ring (bicyclic) bond motifs is 1. The molecule has 1 fully saturated rings. The zero-order valence-corrected chi connectivity index (χ0v) is 13.2. The van der Waals surface area contributed by atoms with E-state index < -0.39 is 5.60 Å². The van der Waals surface area contributed by atoms with Crippen molar-refractivity contribution in [3.63, 3.8) is 0 Å². The first-order chi connectivity index (χ1) is 10.1. The Morgan fingerprint density at radius 1 is 1.38 bits per heavy atom. The Hall–Kier alpha value is -1.35. The van der Waals surface area contributed by atoms with E-state index in [0.29, 0.717) is 12.3 Å². The van der Waals surface area contributed by atoms with E-state index >= 15 is 0 Å². The second-order valence-electron chi connectivity index (χ2n) is 6.77. The summed E-state index contributed by atoms with van der Waals surface area (Å²) in [6.45, 7) is 5.41. The SMILES string of the molecule is CCCn1c(CC2(O)CCCC(C)C2)nc2ccccc21. The molecule has 0 radical (unpaired) electrons. The topological polar surface area (TPSA) is 38.0 Å². The van der Waals surface area contributed by atoms with Crippen molar-refractivity contribution in [2.24, 2.45) is 5.92 Å². The van der Waals surface area contributed by atoms with Gasteiger partial charge in [0.1, 0.15) is 5.82 Å². The lowest BCUT2D eigenvalue weighted by atomic mass is 9.77. The Morgan fingerprint density at radius 2 is 2.19 bits per heavy atom. The lowest BCUT2D eigenvalue weighted by Crippen LogP contribution is -2.37. The van der Waals surface area contributed by atoms with Crippen LogP contribution in [-0.4, -0.2) is 20.3 Å². The molecular formula is C18H26N2O. The van der Waals surface area contributed by atoms with Crippen molar-refractivity contribution in [3.8, 4) is 0 Å². The highest BCUT2D eigenvalue weighted by atomic mass is 16.3. The fraction of sp³-hybridized carbons (Fsp3) is 0.611. The number of aryl methyl sites for hydroxylation is 1. The predicted octanol–water partition coefficient (Wildman–Crippen LogP) is 3.93. The molecule has 3 nitrogen and oxygen atoms in total. The minimum absolute atomic E-state index is 0.565. The zero-order valence-electron chi connectivity index (χ0n) is 13.2. The summed E-state index contributed by atoms with van der Waals surface area (Å²) in [6, 6.07) is 8.30. The van der Waals surface area contributed by atoms with E-state index in [-0.39, 0.29) is 0 Å². The van der Waals surface area contributed by atoms with Crippen LogP contribution in [0.3, 0.4) is 0 Å². The van der Waals surface area contributed by atoms with E-state index in [0.717, 1.165) is 43.6 Å². The molecule has 0 spiro atoms. The van der Waals surface area contributed by atoms with E-state index in [1.165, 1.54) is 11.9 Å². The van der Waals surface area contributed by atoms with Crippen molar-refractivity contribution in [3.05, 3.63) is 30.1 Å². The number of para-hydroxylation sites is 2. The first-order valence-corrected chi connectivity index (χ1v) is 8.28. The van der Waals surface area contributed by atoms with Crippen molar-refractivity contribution < 1.29 is 5.11 Å². The summed E-state index contributed by atoms with van der Waals surface area (Å²) in [7, 11) is 0. The molecule has 114 valence electrons. The molecule has 21 heavy (non-hydrogen) atoms. The van der Waals surface area contributed by atoms with E-state index in [1.807, 2.05) is 6.07 Å². The van der Waals surface area contributed by atoms with Gasteiger partial charge < -0.3 is 9.67 Å². The molecular weight excluding hydrogens is 260 g/mol. The van der Waals surface area contributed by atoms with Gasteiger partial charge in [0.25, 0.3) is 0 Å². The van der Waals surface area contributed by atoms with Crippen LogP contribution in [0, 0.1) is 5.92 Å². The van der Waals surface area contributed by atoms with Gasteiger partial charge in [0.15, 0.2) is 0 Å². The molecule has 1 aliphatic rings. The van der Waals surface area contributed by atoms with Crippen LogP contribution in [0.2, 0.25) is 0 Å². The number of hydrogen-bond acceptors (Lipinski definition) is 2. The summed E-state index contributed by atoms with van der Waals surface area (Å²) >= 11 is 0. The van der Waals surface area contributed by atoms with E-state index in [9.17, 15) is 5.11 Å². The molecule has 0 bridgehead atoms. The average Bonchev–Trinajstić information content (AvgIpc) is 2.76. The third-order valence-electron chi connectivity index (χ3n) is 4.74. The quantitative estimate of drug-likeness (QED) is 0.924. The molecule has 0 aliphatic heterocycles. The molecule has 3 rings (SSSR count). The number of aromatic nitrogens is 2. The van der Waals surface area contributed by atoms with E-state index in [2.05, 4.69) is 36.6 Å². The van der Waals surface area contributed by atoms with Gasteiger partial charge in [-0.05, 0) is 37.3 Å². The first-order valence-electron chi connectivity index (χ1n) is 8.28. The lowest BCUT2D eigenvalue weighted by molar-refractivity contribution is -0.0144. The normalized spacial score (nSPS) is 26.3. The van der Waals surface area contributed by atoms with Gasteiger partial charge in [-0.15, -0.1) is 0 Å². The predicted molar refractivity (Wildman–Crippen MR) is 86.3 cm³/mol. The van der Waals surface area contributed by atoms with Crippen molar-refractivity contribution in [1.29, 1.82) is 0 Å². The summed E-state index contributed by atoms with van der Waals surface area (Å²) in [4.78, 5) is 4.80. The maximum Gasteiger partial charge on any atom is 0.112 e. The van der Waals surface area contributed by atoms with Gasteiger partial charge in [-0.25, -0.2) is 4.98 Å². The maximum absolute atomic E-state index is 11.0. The minimum Gasteiger partial charge on any atom is -0.389 e. The van der Waals surface area contributed by atoms with Gasteiger partial charge in [-0.1, -0.05) is 38.8 Å². The van der Waals surface area contributed by atoms with Crippen LogP contribution in [0.5, 0.6) is 0 Å². The van der Waals surface area contributed by atoms with Crippen LogP contribution in [0.4, 0.5) is 0 Å². The number of rotatable bonds is 4. The van der Waals surface area contributed by atoms with Gasteiger partial charge in [-0.2, -0.15) is 0 Å². The van der Waals surface area contributed by atoms with Crippen LogP contribution in [0.1, 0.15) is 51.8 Å². The highest BCUT2D eigenvalue weighted by Gasteiger charge is 2.34. The third kappa shape index (κ3) is 2.98. The summed E-state index contributed by atoms with van der Waals surface area (Å²) in [5.74, 6) is 1.67. The second kappa shape index (κ2) is 5.80.